The molecule has 0 saturated carbocycles. The maximum Gasteiger partial charge on any atom is 0.164 e. The highest BCUT2D eigenvalue weighted by atomic mass is 32.1. The molecule has 8 aromatic carbocycles. The summed E-state index contributed by atoms with van der Waals surface area (Å²) in [5.74, 6) is 1.94. The van der Waals surface area contributed by atoms with E-state index in [2.05, 4.69) is 161 Å². The summed E-state index contributed by atoms with van der Waals surface area (Å²) >= 11 is 1.86. The van der Waals surface area contributed by atoms with E-state index in [-0.39, 0.29) is 0 Å². The highest BCUT2D eigenvalue weighted by molar-refractivity contribution is 7.26. The van der Waals surface area contributed by atoms with Crippen LogP contribution in [0.3, 0.4) is 0 Å². The van der Waals surface area contributed by atoms with Gasteiger partial charge in [0.1, 0.15) is 0 Å². The standard InChI is InChI=1S/C51H31N5S/c1-4-15-32(16-5-1)49-52-50(33-17-6-2-7-18-33)54-51(53-49)34-27-29-42-39(31-34)38-28-30-45-47(48(38)55(42)35-19-8-3-9-20-35)46-43(25-14-26-44(46)57-45)56-40-23-12-10-21-36(40)37-22-11-13-24-41(37)56/h1-31H. The molecule has 0 atom stereocenters. The summed E-state index contributed by atoms with van der Waals surface area (Å²) in [4.78, 5) is 15.1. The Bertz CT molecular complexity index is 3400. The summed E-state index contributed by atoms with van der Waals surface area (Å²) in [6.07, 6.45) is 0. The first-order valence-electron chi connectivity index (χ1n) is 19.1. The Morgan fingerprint density at radius 1 is 0.351 bits per heavy atom. The van der Waals surface area contributed by atoms with Gasteiger partial charge in [0.2, 0.25) is 0 Å². The van der Waals surface area contributed by atoms with Crippen LogP contribution in [-0.4, -0.2) is 24.1 Å². The van der Waals surface area contributed by atoms with Gasteiger partial charge < -0.3 is 9.13 Å². The monoisotopic (exact) mass is 745 g/mol. The van der Waals surface area contributed by atoms with Crippen LogP contribution < -0.4 is 0 Å². The van der Waals surface area contributed by atoms with Crippen LogP contribution in [0.25, 0.3) is 109 Å². The lowest BCUT2D eigenvalue weighted by molar-refractivity contribution is 1.07. The second-order valence-electron chi connectivity index (χ2n) is 14.4. The Labute approximate surface area is 331 Å². The van der Waals surface area contributed by atoms with Gasteiger partial charge in [0.05, 0.1) is 27.8 Å². The SMILES string of the molecule is c1ccc(-c2nc(-c3ccccc3)nc(-c3ccc4c(c3)c3ccc5sc6cccc(-n7c8ccccc8c8ccccc87)c6c5c3n4-c3ccccc3)n2)cc1. The zero-order valence-corrected chi connectivity index (χ0v) is 31.4. The highest BCUT2D eigenvalue weighted by Crippen LogP contribution is 2.46. The van der Waals surface area contributed by atoms with E-state index < -0.39 is 0 Å². The molecule has 5 nitrogen and oxygen atoms in total. The molecular weight excluding hydrogens is 715 g/mol. The predicted octanol–water partition coefficient (Wildman–Crippen LogP) is 13.4. The fourth-order valence-corrected chi connectivity index (χ4v) is 9.81. The zero-order valence-electron chi connectivity index (χ0n) is 30.5. The van der Waals surface area contributed by atoms with E-state index >= 15 is 0 Å². The fourth-order valence-electron chi connectivity index (χ4n) is 8.68. The molecule has 0 aliphatic heterocycles. The third-order valence-electron chi connectivity index (χ3n) is 11.2. The van der Waals surface area contributed by atoms with Crippen molar-refractivity contribution >= 4 is 75.1 Å². The molecule has 0 aliphatic carbocycles. The van der Waals surface area contributed by atoms with Crippen molar-refractivity contribution in [2.75, 3.05) is 0 Å². The van der Waals surface area contributed by atoms with Gasteiger partial charge in [-0.3, -0.25) is 0 Å². The van der Waals surface area contributed by atoms with Crippen molar-refractivity contribution in [2.24, 2.45) is 0 Å². The van der Waals surface area contributed by atoms with Crippen molar-refractivity contribution in [2.45, 2.75) is 0 Å². The molecule has 266 valence electrons. The molecule has 4 heterocycles. The molecule has 4 aromatic heterocycles. The third kappa shape index (κ3) is 4.91. The van der Waals surface area contributed by atoms with Crippen molar-refractivity contribution in [1.82, 2.24) is 24.1 Å². The number of para-hydroxylation sites is 3. The van der Waals surface area contributed by atoms with Crippen molar-refractivity contribution in [1.29, 1.82) is 0 Å². The van der Waals surface area contributed by atoms with Crippen LogP contribution in [-0.2, 0) is 0 Å². The summed E-state index contributed by atoms with van der Waals surface area (Å²) in [6.45, 7) is 0. The van der Waals surface area contributed by atoms with Crippen LogP contribution in [0.5, 0.6) is 0 Å². The lowest BCUT2D eigenvalue weighted by atomic mass is 10.0. The van der Waals surface area contributed by atoms with Gasteiger partial charge >= 0.3 is 0 Å². The minimum absolute atomic E-state index is 0.640. The first-order chi connectivity index (χ1) is 28.3. The number of hydrogen-bond acceptors (Lipinski definition) is 4. The van der Waals surface area contributed by atoms with E-state index in [9.17, 15) is 0 Å². The molecule has 57 heavy (non-hydrogen) atoms. The maximum absolute atomic E-state index is 5.09. The lowest BCUT2D eigenvalue weighted by Gasteiger charge is -2.12. The van der Waals surface area contributed by atoms with E-state index in [4.69, 9.17) is 15.0 Å². The summed E-state index contributed by atoms with van der Waals surface area (Å²) in [5.41, 5.74) is 9.86. The van der Waals surface area contributed by atoms with Crippen LogP contribution in [0.2, 0.25) is 0 Å². The zero-order chi connectivity index (χ0) is 37.5. The largest absolute Gasteiger partial charge is 0.309 e. The summed E-state index contributed by atoms with van der Waals surface area (Å²) in [6, 6.07) is 66.6. The van der Waals surface area contributed by atoms with Gasteiger partial charge in [0.15, 0.2) is 17.5 Å². The molecule has 12 rings (SSSR count). The molecule has 0 radical (unpaired) electrons. The Kier molecular flexibility index (Phi) is 7.03. The van der Waals surface area contributed by atoms with E-state index in [0.29, 0.717) is 17.5 Å². The van der Waals surface area contributed by atoms with Gasteiger partial charge in [-0.05, 0) is 60.7 Å². The molecule has 0 N–H and O–H groups in total. The van der Waals surface area contributed by atoms with Crippen molar-refractivity contribution in [3.05, 3.63) is 188 Å². The van der Waals surface area contributed by atoms with Crippen LogP contribution in [0.1, 0.15) is 0 Å². The quantitative estimate of drug-likeness (QED) is 0.176. The summed E-state index contributed by atoms with van der Waals surface area (Å²) in [5, 5.41) is 7.34. The second-order valence-corrected chi connectivity index (χ2v) is 15.5. The molecule has 0 saturated heterocycles. The Morgan fingerprint density at radius 3 is 1.54 bits per heavy atom. The van der Waals surface area contributed by atoms with E-state index in [1.54, 1.807) is 0 Å². The first-order valence-corrected chi connectivity index (χ1v) is 19.9. The number of aromatic nitrogens is 5. The van der Waals surface area contributed by atoms with Gasteiger partial charge in [-0.2, -0.15) is 0 Å². The van der Waals surface area contributed by atoms with Crippen LogP contribution in [0.4, 0.5) is 0 Å². The van der Waals surface area contributed by atoms with Gasteiger partial charge in [-0.25, -0.2) is 15.0 Å². The molecule has 0 amide bonds. The smallest absolute Gasteiger partial charge is 0.164 e. The summed E-state index contributed by atoms with van der Waals surface area (Å²) in [7, 11) is 0. The van der Waals surface area contributed by atoms with Gasteiger partial charge in [0, 0.05) is 64.1 Å². The highest BCUT2D eigenvalue weighted by Gasteiger charge is 2.23. The number of fused-ring (bicyclic) bond motifs is 10. The van der Waals surface area contributed by atoms with Crippen molar-refractivity contribution in [3.8, 4) is 45.5 Å². The second kappa shape index (κ2) is 12.6. The molecule has 0 aliphatic rings. The molecule has 0 unspecified atom stereocenters. The number of benzene rings is 8. The fraction of sp³-hybridized carbons (Fsp3) is 0. The maximum atomic E-state index is 5.09. The van der Waals surface area contributed by atoms with Crippen molar-refractivity contribution in [3.63, 3.8) is 0 Å². The van der Waals surface area contributed by atoms with Gasteiger partial charge in [-0.1, -0.05) is 127 Å². The van der Waals surface area contributed by atoms with Crippen LogP contribution in [0, 0.1) is 0 Å². The van der Waals surface area contributed by atoms with Crippen LogP contribution in [0.15, 0.2) is 188 Å². The van der Waals surface area contributed by atoms with Crippen LogP contribution >= 0.6 is 11.3 Å². The topological polar surface area (TPSA) is 48.5 Å². The molecule has 0 spiro atoms. The minimum Gasteiger partial charge on any atom is -0.309 e. The lowest BCUT2D eigenvalue weighted by Crippen LogP contribution is -2.00. The third-order valence-corrected chi connectivity index (χ3v) is 12.3. The average Bonchev–Trinajstić information content (AvgIpc) is 3.95. The van der Waals surface area contributed by atoms with E-state index in [1.807, 2.05) is 47.7 Å². The Balaban J connectivity index is 1.17. The van der Waals surface area contributed by atoms with E-state index in [1.165, 1.54) is 58.6 Å². The minimum atomic E-state index is 0.640. The number of hydrogen-bond donors (Lipinski definition) is 0. The Hall–Kier alpha value is -7.41. The first kappa shape index (κ1) is 31.9. The number of thiophene rings is 1. The predicted molar refractivity (Wildman–Crippen MR) is 238 cm³/mol. The van der Waals surface area contributed by atoms with Gasteiger partial charge in [0.25, 0.3) is 0 Å². The molecular formula is C51H31N5S. The van der Waals surface area contributed by atoms with Crippen molar-refractivity contribution < 1.29 is 0 Å². The molecule has 6 heteroatoms. The summed E-state index contributed by atoms with van der Waals surface area (Å²) < 4.78 is 7.42. The molecule has 0 fully saturated rings. The molecule has 12 aromatic rings. The number of rotatable bonds is 5. The molecule has 0 bridgehead atoms. The average molecular weight is 746 g/mol. The normalized spacial score (nSPS) is 11.9. The van der Waals surface area contributed by atoms with E-state index in [0.717, 1.165) is 33.3 Å². The Morgan fingerprint density at radius 2 is 0.895 bits per heavy atom. The number of nitrogens with zero attached hydrogens (tertiary/aromatic N) is 5. The van der Waals surface area contributed by atoms with Gasteiger partial charge in [-0.15, -0.1) is 11.3 Å².